The van der Waals surface area contributed by atoms with Crippen LogP contribution in [0.1, 0.15) is 55.1 Å². The Bertz CT molecular complexity index is 639. The number of aliphatic hydroxyl groups is 1. The number of hydrogen-bond acceptors (Lipinski definition) is 3. The van der Waals surface area contributed by atoms with Crippen LogP contribution < -0.4 is 0 Å². The third-order valence-corrected chi connectivity index (χ3v) is 7.03. The number of piperidine rings is 3. The molecule has 3 aliphatic heterocycles. The lowest BCUT2D eigenvalue weighted by Crippen LogP contribution is -2.65. The second kappa shape index (κ2) is 6.13. The zero-order valence-corrected chi connectivity index (χ0v) is 14.9. The maximum absolute atomic E-state index is 13.2. The summed E-state index contributed by atoms with van der Waals surface area (Å²) in [5, 5.41) is 10.0. The molecule has 1 saturated carbocycles. The normalized spacial score (nSPS) is 35.5. The molecule has 4 fully saturated rings. The number of aliphatic hydroxyl groups excluding tert-OH is 1. The van der Waals surface area contributed by atoms with Crippen molar-refractivity contribution in [2.75, 3.05) is 26.2 Å². The highest BCUT2D eigenvalue weighted by molar-refractivity contribution is 5.93. The second-order valence-corrected chi connectivity index (χ2v) is 8.55. The lowest BCUT2D eigenvalue weighted by molar-refractivity contribution is -0.0796. The van der Waals surface area contributed by atoms with E-state index in [2.05, 4.69) is 20.6 Å². The first-order valence-corrected chi connectivity index (χ1v) is 10.1. The monoisotopic (exact) mass is 343 g/mol. The van der Waals surface area contributed by atoms with Gasteiger partial charge in [0.2, 0.25) is 0 Å². The zero-order chi connectivity index (χ0) is 17.0. The van der Waals surface area contributed by atoms with Crippen molar-refractivity contribution in [2.24, 2.45) is 11.8 Å². The number of nitrogens with zero attached hydrogens (tertiary/aromatic N) is 3. The predicted molar refractivity (Wildman–Crippen MR) is 95.4 cm³/mol. The van der Waals surface area contributed by atoms with Crippen LogP contribution in [0.4, 0.5) is 0 Å². The molecular weight excluding hydrogens is 314 g/mol. The quantitative estimate of drug-likeness (QED) is 0.915. The van der Waals surface area contributed by atoms with Crippen LogP contribution in [0.2, 0.25) is 0 Å². The molecule has 136 valence electrons. The molecule has 2 bridgehead atoms. The van der Waals surface area contributed by atoms with Gasteiger partial charge in [0.15, 0.2) is 0 Å². The van der Waals surface area contributed by atoms with Gasteiger partial charge in [-0.3, -0.25) is 9.69 Å². The largest absolute Gasteiger partial charge is 0.395 e. The molecule has 25 heavy (non-hydrogen) atoms. The van der Waals surface area contributed by atoms with Crippen molar-refractivity contribution in [3.05, 3.63) is 24.0 Å². The fraction of sp³-hybridized carbons (Fsp3) is 0.750. The molecule has 5 rings (SSSR count). The zero-order valence-electron chi connectivity index (χ0n) is 14.9. The first kappa shape index (κ1) is 15.9. The number of likely N-dealkylation sites (tertiary alicyclic amines) is 1. The molecule has 0 aromatic carbocycles. The minimum absolute atomic E-state index is 0.201. The van der Waals surface area contributed by atoms with E-state index < -0.39 is 0 Å². The number of fused-ring (bicyclic) bond motifs is 4. The fourth-order valence-corrected chi connectivity index (χ4v) is 5.73. The van der Waals surface area contributed by atoms with Gasteiger partial charge in [-0.1, -0.05) is 6.42 Å². The van der Waals surface area contributed by atoms with E-state index in [0.29, 0.717) is 23.9 Å². The SMILES string of the molecule is O=C(c1cccn1C1CC1)N1C[C@H]2C[C@@H](C1)[C@H](CO)N1CCCC[C@@H]21. The third kappa shape index (κ3) is 2.63. The summed E-state index contributed by atoms with van der Waals surface area (Å²) in [6, 6.07) is 5.34. The predicted octanol–water partition coefficient (Wildman–Crippen LogP) is 2.13. The van der Waals surface area contributed by atoms with Gasteiger partial charge in [-0.05, 0) is 62.6 Å². The molecule has 0 unspecified atom stereocenters. The second-order valence-electron chi connectivity index (χ2n) is 8.55. The molecule has 5 heteroatoms. The van der Waals surface area contributed by atoms with E-state index in [9.17, 15) is 9.90 Å². The number of amides is 1. The molecule has 0 spiro atoms. The van der Waals surface area contributed by atoms with Gasteiger partial charge in [0.1, 0.15) is 5.69 Å². The highest BCUT2D eigenvalue weighted by atomic mass is 16.3. The Kier molecular flexibility index (Phi) is 3.90. The summed E-state index contributed by atoms with van der Waals surface area (Å²) in [5.74, 6) is 1.20. The molecule has 3 saturated heterocycles. The molecule has 1 aromatic rings. The molecule has 1 amide bonds. The molecule has 1 N–H and O–H groups in total. The molecule has 0 radical (unpaired) electrons. The van der Waals surface area contributed by atoms with Crippen LogP contribution in [-0.2, 0) is 0 Å². The number of carbonyl (C=O) groups excluding carboxylic acids is 1. The third-order valence-electron chi connectivity index (χ3n) is 7.03. The van der Waals surface area contributed by atoms with Crippen LogP contribution in [0, 0.1) is 11.8 Å². The smallest absolute Gasteiger partial charge is 0.270 e. The van der Waals surface area contributed by atoms with Crippen molar-refractivity contribution in [1.29, 1.82) is 0 Å². The molecule has 4 aliphatic rings. The Morgan fingerprint density at radius 2 is 2.00 bits per heavy atom. The Balaban J connectivity index is 1.39. The van der Waals surface area contributed by atoms with Crippen molar-refractivity contribution in [3.63, 3.8) is 0 Å². The van der Waals surface area contributed by atoms with Gasteiger partial charge in [0.05, 0.1) is 6.61 Å². The van der Waals surface area contributed by atoms with Crippen molar-refractivity contribution >= 4 is 5.91 Å². The number of carbonyl (C=O) groups is 1. The molecule has 1 aliphatic carbocycles. The standard InChI is InChI=1S/C20H29N3O2/c24-13-19-15-10-14(17-4-1-2-8-23(17)19)11-21(12-15)20(25)18-5-3-9-22(18)16-6-7-16/h3,5,9,14-17,19,24H,1-2,4,6-8,10-13H2/t14-,15+,17+,19+/m1/s1. The first-order chi connectivity index (χ1) is 12.3. The number of rotatable bonds is 3. The fourth-order valence-electron chi connectivity index (χ4n) is 5.73. The van der Waals surface area contributed by atoms with Crippen LogP contribution in [0.5, 0.6) is 0 Å². The van der Waals surface area contributed by atoms with E-state index in [0.717, 1.165) is 25.3 Å². The van der Waals surface area contributed by atoms with E-state index in [1.54, 1.807) is 0 Å². The molecule has 4 atom stereocenters. The van der Waals surface area contributed by atoms with Crippen LogP contribution in [0.25, 0.3) is 0 Å². The minimum Gasteiger partial charge on any atom is -0.395 e. The van der Waals surface area contributed by atoms with E-state index >= 15 is 0 Å². The minimum atomic E-state index is 0.201. The Morgan fingerprint density at radius 3 is 2.80 bits per heavy atom. The molecular formula is C20H29N3O2. The maximum Gasteiger partial charge on any atom is 0.270 e. The van der Waals surface area contributed by atoms with Gasteiger partial charge >= 0.3 is 0 Å². The maximum atomic E-state index is 13.2. The average Bonchev–Trinajstić information content (AvgIpc) is 3.38. The van der Waals surface area contributed by atoms with Crippen molar-refractivity contribution in [3.8, 4) is 0 Å². The number of hydrogen-bond donors (Lipinski definition) is 1. The summed E-state index contributed by atoms with van der Waals surface area (Å²) in [4.78, 5) is 17.9. The van der Waals surface area contributed by atoms with E-state index in [1.165, 1.54) is 38.5 Å². The van der Waals surface area contributed by atoms with Crippen LogP contribution in [0.15, 0.2) is 18.3 Å². The van der Waals surface area contributed by atoms with Crippen molar-refractivity contribution in [1.82, 2.24) is 14.4 Å². The van der Waals surface area contributed by atoms with E-state index in [-0.39, 0.29) is 18.6 Å². The van der Waals surface area contributed by atoms with Gasteiger partial charge in [0.25, 0.3) is 5.91 Å². The topological polar surface area (TPSA) is 48.7 Å². The van der Waals surface area contributed by atoms with Crippen LogP contribution in [0.3, 0.4) is 0 Å². The highest BCUT2D eigenvalue weighted by Gasteiger charge is 2.48. The van der Waals surface area contributed by atoms with Gasteiger partial charge in [-0.2, -0.15) is 0 Å². The van der Waals surface area contributed by atoms with Gasteiger partial charge < -0.3 is 14.6 Å². The lowest BCUT2D eigenvalue weighted by Gasteiger charge is -2.56. The Hall–Kier alpha value is -1.33. The molecule has 1 aromatic heterocycles. The highest BCUT2D eigenvalue weighted by Crippen LogP contribution is 2.42. The Labute approximate surface area is 149 Å². The van der Waals surface area contributed by atoms with Gasteiger partial charge in [-0.25, -0.2) is 0 Å². The molecule has 5 nitrogen and oxygen atoms in total. The van der Waals surface area contributed by atoms with Gasteiger partial charge in [-0.15, -0.1) is 0 Å². The van der Waals surface area contributed by atoms with Gasteiger partial charge in [0, 0.05) is 37.4 Å². The Morgan fingerprint density at radius 1 is 1.16 bits per heavy atom. The van der Waals surface area contributed by atoms with Crippen molar-refractivity contribution < 1.29 is 9.90 Å². The summed E-state index contributed by atoms with van der Waals surface area (Å²) in [7, 11) is 0. The first-order valence-electron chi connectivity index (χ1n) is 10.1. The summed E-state index contributed by atoms with van der Waals surface area (Å²) < 4.78 is 2.18. The van der Waals surface area contributed by atoms with Crippen LogP contribution in [-0.4, -0.2) is 63.7 Å². The van der Waals surface area contributed by atoms with E-state index in [4.69, 9.17) is 0 Å². The van der Waals surface area contributed by atoms with Crippen molar-refractivity contribution in [2.45, 2.75) is 56.7 Å². The summed E-state index contributed by atoms with van der Waals surface area (Å²) >= 11 is 0. The summed E-state index contributed by atoms with van der Waals surface area (Å²) in [5.41, 5.74) is 0.864. The summed E-state index contributed by atoms with van der Waals surface area (Å²) in [6.45, 7) is 3.06. The number of aromatic nitrogens is 1. The van der Waals surface area contributed by atoms with Crippen LogP contribution >= 0.6 is 0 Å². The average molecular weight is 343 g/mol. The molecule has 4 heterocycles. The van der Waals surface area contributed by atoms with E-state index in [1.807, 2.05) is 12.1 Å². The summed E-state index contributed by atoms with van der Waals surface area (Å²) in [6.07, 6.45) is 9.42. The lowest BCUT2D eigenvalue weighted by atomic mass is 9.72.